The highest BCUT2D eigenvalue weighted by Crippen LogP contribution is 2.55. The van der Waals surface area contributed by atoms with Gasteiger partial charge in [0.2, 0.25) is 0 Å². The Morgan fingerprint density at radius 2 is 0.674 bits per heavy atom. The average molecular weight is 1780 g/mol. The van der Waals surface area contributed by atoms with Crippen molar-refractivity contribution in [1.82, 2.24) is 0 Å². The topological polar surface area (TPSA) is 486 Å². The summed E-state index contributed by atoms with van der Waals surface area (Å²) in [6.07, 6.45) is 8.74. The number of hydrogen-bond acceptors (Lipinski definition) is 36. The fourth-order valence-electron chi connectivity index (χ4n) is 13.1. The van der Waals surface area contributed by atoms with Gasteiger partial charge in [0.15, 0.2) is 80.2 Å². The molecule has 4 heterocycles. The lowest BCUT2D eigenvalue weighted by Gasteiger charge is -2.19. The molecule has 36 nitrogen and oxygen atoms in total. The number of rotatable bonds is 23. The predicted octanol–water partition coefficient (Wildman–Crippen LogP) is 13.4. The molecule has 0 amide bonds. The Labute approximate surface area is 733 Å². The first kappa shape index (κ1) is 96.1. The number of ether oxygens (including phenoxy) is 17. The third kappa shape index (κ3) is 23.2. The SMILES string of the molecule is COC(=O)/C=C/c1cc(O)c2c(c1)[C@@H](C(=O)OC)[C@H](c1ccc(O)c(O)c1)O2.COC(=O)/C=C/c1cc(O)c2c(c1)[C@@H](C(=O)OC)[C@H](c1ccc(OC(C)=O)c(OC(C)=O)c1)O2.COC(=O)/C=C/c1cc(OC(C)=O)c2oc(-c3ccc(OC(C)=O)c(OC(C)=O)c3)c(C(=O)OC)c2c1.COC(=O)/C=C/c1cc(OC)c2oc(-c3ccc(C)c(OC)c3)c(C(=O)OC)c2c1. The number of aromatic hydroxyl groups is 4. The third-order valence-corrected chi connectivity index (χ3v) is 18.7. The van der Waals surface area contributed by atoms with Crippen molar-refractivity contribution >= 4 is 124 Å². The number of esters is 13. The van der Waals surface area contributed by atoms with Gasteiger partial charge in [0.25, 0.3) is 0 Å². The number of fused-ring (bicyclic) bond motifs is 4. The van der Waals surface area contributed by atoms with Crippen molar-refractivity contribution in [2.45, 2.75) is 65.6 Å². The first-order valence-electron chi connectivity index (χ1n) is 38.0. The zero-order chi connectivity index (χ0) is 94.5. The van der Waals surface area contributed by atoms with Crippen LogP contribution < -0.4 is 42.6 Å². The van der Waals surface area contributed by atoms with E-state index in [1.165, 1.54) is 214 Å². The van der Waals surface area contributed by atoms with Gasteiger partial charge in [0.05, 0.1) is 71.1 Å². The third-order valence-electron chi connectivity index (χ3n) is 18.7. The highest BCUT2D eigenvalue weighted by Gasteiger charge is 2.45. The number of aryl methyl sites for hydroxylation is 1. The van der Waals surface area contributed by atoms with E-state index in [1.54, 1.807) is 43.5 Å². The first-order valence-corrected chi connectivity index (χ1v) is 38.0. The number of methoxy groups -OCH3 is 10. The van der Waals surface area contributed by atoms with Crippen molar-refractivity contribution < 1.29 is 172 Å². The fourth-order valence-corrected chi connectivity index (χ4v) is 13.1. The van der Waals surface area contributed by atoms with Crippen LogP contribution >= 0.6 is 0 Å². The lowest BCUT2D eigenvalue weighted by Crippen LogP contribution is -2.20. The Morgan fingerprint density at radius 3 is 1.06 bits per heavy atom. The molecule has 0 bridgehead atoms. The lowest BCUT2D eigenvalue weighted by molar-refractivity contribution is -0.145. The van der Waals surface area contributed by atoms with Crippen LogP contribution in [0.2, 0.25) is 0 Å². The fraction of sp³-hybridized carbons (Fsp3) is 0.215. The summed E-state index contributed by atoms with van der Waals surface area (Å²) in [5.41, 5.74) is 5.91. The van der Waals surface area contributed by atoms with Gasteiger partial charge in [-0.05, 0) is 167 Å². The van der Waals surface area contributed by atoms with Gasteiger partial charge in [0.1, 0.15) is 52.4 Å². The Balaban J connectivity index is 0.000000195. The summed E-state index contributed by atoms with van der Waals surface area (Å²) in [5, 5.41) is 40.9. The van der Waals surface area contributed by atoms with Crippen LogP contribution in [0.3, 0.4) is 0 Å². The normalized spacial score (nSPS) is 13.8. The number of carbonyl (C=O) groups is 13. The number of phenolic OH excluding ortho intramolecular Hbond substituents is 4. The zero-order valence-corrected chi connectivity index (χ0v) is 71.8. The molecule has 8 aromatic carbocycles. The average Bonchev–Trinajstić information content (AvgIpc) is 1.64. The standard InChI is InChI=1S/C26H22O11.C24H22O10.C23H22O7.C20H18O8/c1-13(27)34-19-8-7-17(12-20(19)35-14(2)28)24-23(26(31)33-5)18-10-16(6-9-22(30)32-4)11-21(25(18)37-24)36-15(3)29;1-12(25)32-18-7-6-15(11-19(18)33-13(2)26)22-21(24(29)31-4)16-9-14(5-8-20(28)30-3)10-17(27)23(16)34-22;1-13-6-8-15(12-17(13)26-2)21-20(23(25)29-5)16-10-14(7-9-19(24)28-4)11-18(27-3)22(16)30-21;1-26-16(24)6-3-10-7-12-17(20(25)27-2)18(28-19(12)15(23)8-10)11-4-5-13(21)14(22)9-11/h6-12H,1-5H3;5-11,21-22,27H,1-4H3;6-12H,1-5H3;3-9,17-18,21-23H,1-2H3/b9-6+;8-5+;9-7+;6-3+/t;21-,22+;;17-,18+/m.1.1/s1. The molecule has 2 aliphatic rings. The van der Waals surface area contributed by atoms with Gasteiger partial charge in [-0.2, -0.15) is 0 Å². The summed E-state index contributed by atoms with van der Waals surface area (Å²) in [5.74, 6) is -9.82. The quantitative estimate of drug-likeness (QED) is 0.0152. The Kier molecular flexibility index (Phi) is 32.1. The van der Waals surface area contributed by atoms with E-state index in [0.717, 1.165) is 11.6 Å². The molecular weight excluding hydrogens is 1690 g/mol. The molecule has 0 fully saturated rings. The Morgan fingerprint density at radius 1 is 0.326 bits per heavy atom. The minimum absolute atomic E-state index is 0.00729. The molecule has 0 unspecified atom stereocenters. The molecule has 4 atom stereocenters. The second kappa shape index (κ2) is 43.1. The summed E-state index contributed by atoms with van der Waals surface area (Å²) in [6.45, 7) is 7.84. The van der Waals surface area contributed by atoms with Crippen molar-refractivity contribution in [1.29, 1.82) is 0 Å². The van der Waals surface area contributed by atoms with Gasteiger partial charge in [-0.25, -0.2) is 28.8 Å². The van der Waals surface area contributed by atoms with Gasteiger partial charge in [-0.15, -0.1) is 0 Å². The number of hydrogen-bond donors (Lipinski definition) is 4. The maximum atomic E-state index is 12.9. The van der Waals surface area contributed by atoms with E-state index in [-0.39, 0.29) is 96.7 Å². The zero-order valence-electron chi connectivity index (χ0n) is 71.8. The summed E-state index contributed by atoms with van der Waals surface area (Å²) in [7, 11) is 13.0. The van der Waals surface area contributed by atoms with E-state index in [0.29, 0.717) is 78.3 Å². The van der Waals surface area contributed by atoms with Crippen LogP contribution in [0.5, 0.6) is 74.7 Å². The molecule has 2 aromatic heterocycles. The van der Waals surface area contributed by atoms with Gasteiger partial charge in [0, 0.05) is 91.9 Å². The van der Waals surface area contributed by atoms with Crippen LogP contribution in [-0.4, -0.2) is 169 Å². The van der Waals surface area contributed by atoms with Gasteiger partial charge in [-0.3, -0.25) is 33.6 Å². The van der Waals surface area contributed by atoms with Gasteiger partial charge < -0.3 is 110 Å². The van der Waals surface area contributed by atoms with Crippen LogP contribution in [0, 0.1) is 6.92 Å². The van der Waals surface area contributed by atoms with E-state index >= 15 is 0 Å². The van der Waals surface area contributed by atoms with E-state index in [9.17, 15) is 82.8 Å². The largest absolute Gasteiger partial charge is 0.504 e. The maximum absolute atomic E-state index is 12.9. The van der Waals surface area contributed by atoms with Gasteiger partial charge in [-0.1, -0.05) is 24.3 Å². The summed E-state index contributed by atoms with van der Waals surface area (Å²) < 4.78 is 98.6. The minimum atomic E-state index is -0.998. The molecule has 0 saturated heterocycles. The highest BCUT2D eigenvalue weighted by atomic mass is 16.6. The van der Waals surface area contributed by atoms with Crippen LogP contribution in [-0.2, 0) is 90.6 Å². The second-order valence-electron chi connectivity index (χ2n) is 27.3. The molecule has 12 rings (SSSR count). The molecule has 672 valence electrons. The smallest absolute Gasteiger partial charge is 0.342 e. The van der Waals surface area contributed by atoms with Crippen LogP contribution in [0.25, 0.3) is 68.9 Å². The summed E-state index contributed by atoms with van der Waals surface area (Å²) in [6, 6.07) is 30.4. The van der Waals surface area contributed by atoms with E-state index in [4.69, 9.17) is 70.4 Å². The number of benzene rings is 8. The van der Waals surface area contributed by atoms with Crippen LogP contribution in [0.15, 0.2) is 154 Å². The van der Waals surface area contributed by atoms with Gasteiger partial charge >= 0.3 is 77.6 Å². The van der Waals surface area contributed by atoms with Crippen molar-refractivity contribution in [2.75, 3.05) is 71.1 Å². The number of furan rings is 2. The molecule has 0 radical (unpaired) electrons. The van der Waals surface area contributed by atoms with E-state index in [1.807, 2.05) is 19.1 Å². The Hall–Kier alpha value is -16.7. The molecular formula is C93H84O36. The maximum Gasteiger partial charge on any atom is 0.342 e. The van der Waals surface area contributed by atoms with Crippen LogP contribution in [0.4, 0.5) is 0 Å². The molecule has 36 heteroatoms. The number of carbonyl (C=O) groups excluding carboxylic acids is 13. The van der Waals surface area contributed by atoms with E-state index < -0.39 is 102 Å². The summed E-state index contributed by atoms with van der Waals surface area (Å²) in [4.78, 5) is 154. The van der Waals surface area contributed by atoms with Crippen molar-refractivity contribution in [3.8, 4) is 97.4 Å². The molecule has 0 spiro atoms. The van der Waals surface area contributed by atoms with Crippen LogP contribution in [0.1, 0.15) is 129 Å². The molecule has 2 aliphatic heterocycles. The molecule has 10 aromatic rings. The Bertz CT molecular complexity index is 6200. The van der Waals surface area contributed by atoms with E-state index in [2.05, 4.69) is 18.9 Å². The van der Waals surface area contributed by atoms with Crippen molar-refractivity contribution in [3.63, 3.8) is 0 Å². The monoisotopic (exact) mass is 1780 g/mol. The predicted molar refractivity (Wildman–Crippen MR) is 453 cm³/mol. The molecule has 129 heavy (non-hydrogen) atoms. The van der Waals surface area contributed by atoms with Crippen molar-refractivity contribution in [3.05, 3.63) is 207 Å². The molecule has 4 N–H and O–H groups in total. The van der Waals surface area contributed by atoms with Crippen molar-refractivity contribution in [2.24, 2.45) is 0 Å². The highest BCUT2D eigenvalue weighted by molar-refractivity contribution is 6.12. The number of phenols is 4. The minimum Gasteiger partial charge on any atom is -0.504 e. The lowest BCUT2D eigenvalue weighted by atomic mass is 9.90. The first-order chi connectivity index (χ1) is 61.4. The molecule has 0 saturated carbocycles. The second-order valence-corrected chi connectivity index (χ2v) is 27.3. The summed E-state index contributed by atoms with van der Waals surface area (Å²) >= 11 is 0. The molecule has 0 aliphatic carbocycles.